The Balaban J connectivity index is 2.41. The second-order valence-electron chi connectivity index (χ2n) is 5.08. The van der Waals surface area contributed by atoms with E-state index in [-0.39, 0.29) is 18.8 Å². The number of anilines is 1. The van der Waals surface area contributed by atoms with Crippen LogP contribution < -0.4 is 4.90 Å². The quantitative estimate of drug-likeness (QED) is 0.684. The molecular weight excluding hydrogens is 305 g/mol. The Kier molecular flexibility index (Phi) is 4.25. The summed E-state index contributed by atoms with van der Waals surface area (Å²) in [5.74, 6) is -1.80. The molecule has 0 aliphatic carbocycles. The Morgan fingerprint density at radius 3 is 2.64 bits per heavy atom. The molecule has 1 N–H and O–H groups in total. The minimum atomic E-state index is -4.75. The zero-order valence-electron chi connectivity index (χ0n) is 11.3. The fourth-order valence-electron chi connectivity index (χ4n) is 2.54. The number of hydrogen-bond acceptors (Lipinski definition) is 4. The van der Waals surface area contributed by atoms with E-state index in [0.29, 0.717) is 18.9 Å². The van der Waals surface area contributed by atoms with Crippen LogP contribution >= 0.6 is 0 Å². The zero-order valence-corrected chi connectivity index (χ0v) is 11.3. The molecule has 1 atom stereocenters. The highest BCUT2D eigenvalue weighted by Crippen LogP contribution is 2.39. The van der Waals surface area contributed by atoms with Crippen molar-refractivity contribution in [2.24, 2.45) is 5.92 Å². The fourth-order valence-corrected chi connectivity index (χ4v) is 2.54. The second-order valence-corrected chi connectivity index (χ2v) is 5.08. The maximum atomic E-state index is 13.1. The van der Waals surface area contributed by atoms with Gasteiger partial charge in [0.05, 0.1) is 16.4 Å². The van der Waals surface area contributed by atoms with Gasteiger partial charge in [-0.25, -0.2) is 0 Å². The third kappa shape index (κ3) is 3.29. The number of halogens is 3. The van der Waals surface area contributed by atoms with Crippen molar-refractivity contribution in [2.75, 3.05) is 18.0 Å². The van der Waals surface area contributed by atoms with E-state index in [1.165, 1.54) is 4.90 Å². The molecule has 9 heteroatoms. The van der Waals surface area contributed by atoms with Gasteiger partial charge in [-0.1, -0.05) is 0 Å². The van der Waals surface area contributed by atoms with Crippen LogP contribution in [0.15, 0.2) is 18.2 Å². The highest BCUT2D eigenvalue weighted by Gasteiger charge is 2.38. The molecule has 0 unspecified atom stereocenters. The largest absolute Gasteiger partial charge is 0.481 e. The smallest absolute Gasteiger partial charge is 0.418 e. The minimum Gasteiger partial charge on any atom is -0.481 e. The summed E-state index contributed by atoms with van der Waals surface area (Å²) in [5.41, 5.74) is -1.99. The van der Waals surface area contributed by atoms with Crippen molar-refractivity contribution in [3.8, 4) is 0 Å². The summed E-state index contributed by atoms with van der Waals surface area (Å²) in [6.45, 7) is 0.237. The van der Waals surface area contributed by atoms with E-state index in [2.05, 4.69) is 0 Å². The van der Waals surface area contributed by atoms with Crippen molar-refractivity contribution in [3.05, 3.63) is 33.9 Å². The third-order valence-corrected chi connectivity index (χ3v) is 3.61. The van der Waals surface area contributed by atoms with Crippen molar-refractivity contribution in [3.63, 3.8) is 0 Å². The van der Waals surface area contributed by atoms with Crippen LogP contribution in [0.25, 0.3) is 0 Å². The molecule has 0 aromatic heterocycles. The molecule has 1 aromatic carbocycles. The molecule has 2 rings (SSSR count). The van der Waals surface area contributed by atoms with Gasteiger partial charge in [0, 0.05) is 30.9 Å². The number of alkyl halides is 3. The number of hydrogen-bond donors (Lipinski definition) is 1. The van der Waals surface area contributed by atoms with Gasteiger partial charge in [0.25, 0.3) is 5.69 Å². The van der Waals surface area contributed by atoms with Gasteiger partial charge in [-0.15, -0.1) is 0 Å². The molecule has 0 bridgehead atoms. The summed E-state index contributed by atoms with van der Waals surface area (Å²) in [6, 6.07) is 2.51. The summed E-state index contributed by atoms with van der Waals surface area (Å²) in [5, 5.41) is 19.7. The maximum absolute atomic E-state index is 13.1. The van der Waals surface area contributed by atoms with Crippen LogP contribution in [0, 0.1) is 16.0 Å². The number of carboxylic acids is 1. The Labute approximate surface area is 123 Å². The summed E-state index contributed by atoms with van der Waals surface area (Å²) in [4.78, 5) is 22.1. The molecule has 1 aliphatic heterocycles. The number of carbonyl (C=O) groups is 1. The molecule has 1 fully saturated rings. The SMILES string of the molecule is O=C(O)[C@@H]1CCCN(c2ccc([N+](=O)[O-])cc2C(F)(F)F)C1. The van der Waals surface area contributed by atoms with E-state index >= 15 is 0 Å². The fraction of sp³-hybridized carbons (Fsp3) is 0.462. The predicted octanol–water partition coefficient (Wildman–Crippen LogP) is 2.91. The molecule has 1 heterocycles. The molecule has 0 radical (unpaired) electrons. The number of carboxylic acid groups (broad SMARTS) is 1. The lowest BCUT2D eigenvalue weighted by Crippen LogP contribution is -2.39. The number of piperidine rings is 1. The van der Waals surface area contributed by atoms with Crippen LogP contribution in [-0.4, -0.2) is 29.1 Å². The van der Waals surface area contributed by atoms with Crippen LogP contribution in [-0.2, 0) is 11.0 Å². The van der Waals surface area contributed by atoms with Crippen LogP contribution in [0.4, 0.5) is 24.5 Å². The van der Waals surface area contributed by atoms with Gasteiger partial charge in [0.1, 0.15) is 0 Å². The highest BCUT2D eigenvalue weighted by atomic mass is 19.4. The van der Waals surface area contributed by atoms with Gasteiger partial charge >= 0.3 is 12.1 Å². The normalized spacial score (nSPS) is 19.0. The van der Waals surface area contributed by atoms with E-state index in [1.807, 2.05) is 0 Å². The number of benzene rings is 1. The Morgan fingerprint density at radius 2 is 2.09 bits per heavy atom. The van der Waals surface area contributed by atoms with Crippen molar-refractivity contribution < 1.29 is 28.0 Å². The first-order chi connectivity index (χ1) is 10.2. The van der Waals surface area contributed by atoms with E-state index < -0.39 is 34.2 Å². The zero-order chi connectivity index (χ0) is 16.5. The lowest BCUT2D eigenvalue weighted by molar-refractivity contribution is -0.385. The van der Waals surface area contributed by atoms with Gasteiger partial charge in [-0.3, -0.25) is 14.9 Å². The molecule has 120 valence electrons. The van der Waals surface area contributed by atoms with Gasteiger partial charge in [-0.2, -0.15) is 13.2 Å². The Morgan fingerprint density at radius 1 is 1.41 bits per heavy atom. The van der Waals surface area contributed by atoms with Gasteiger partial charge < -0.3 is 10.0 Å². The van der Waals surface area contributed by atoms with Crippen molar-refractivity contribution >= 4 is 17.3 Å². The molecular formula is C13H13F3N2O4. The average Bonchev–Trinajstić information content (AvgIpc) is 2.45. The minimum absolute atomic E-state index is 0.0454. The van der Waals surface area contributed by atoms with Crippen LogP contribution in [0.2, 0.25) is 0 Å². The number of aliphatic carboxylic acids is 1. The maximum Gasteiger partial charge on any atom is 0.418 e. The number of non-ortho nitro benzene ring substituents is 1. The first kappa shape index (κ1) is 16.1. The molecule has 1 saturated heterocycles. The van der Waals surface area contributed by atoms with Crippen molar-refractivity contribution in [2.45, 2.75) is 19.0 Å². The number of nitrogens with zero attached hydrogens (tertiary/aromatic N) is 2. The van der Waals surface area contributed by atoms with Gasteiger partial charge in [0.2, 0.25) is 0 Å². The van der Waals surface area contributed by atoms with Crippen molar-refractivity contribution in [1.82, 2.24) is 0 Å². The lowest BCUT2D eigenvalue weighted by Gasteiger charge is -2.34. The summed E-state index contributed by atoms with van der Waals surface area (Å²) in [6.07, 6.45) is -3.90. The topological polar surface area (TPSA) is 83.7 Å². The Hall–Kier alpha value is -2.32. The molecule has 1 aliphatic rings. The van der Waals surface area contributed by atoms with Crippen LogP contribution in [0.3, 0.4) is 0 Å². The summed E-state index contributed by atoms with van der Waals surface area (Å²) >= 11 is 0. The number of nitro benzene ring substituents is 1. The first-order valence-electron chi connectivity index (χ1n) is 6.53. The average molecular weight is 318 g/mol. The monoisotopic (exact) mass is 318 g/mol. The first-order valence-corrected chi connectivity index (χ1v) is 6.53. The highest BCUT2D eigenvalue weighted by molar-refractivity contribution is 5.72. The molecule has 1 aromatic rings. The predicted molar refractivity (Wildman–Crippen MR) is 70.7 cm³/mol. The molecule has 0 saturated carbocycles. The van der Waals surface area contributed by atoms with Crippen LogP contribution in [0.1, 0.15) is 18.4 Å². The molecule has 22 heavy (non-hydrogen) atoms. The standard InChI is InChI=1S/C13H13F3N2O4/c14-13(15,16)10-6-9(18(21)22)3-4-11(10)17-5-1-2-8(7-17)12(19)20/h3-4,6,8H,1-2,5,7H2,(H,19,20)/t8-/m1/s1. The van der Waals surface area contributed by atoms with E-state index in [9.17, 15) is 28.1 Å². The summed E-state index contributed by atoms with van der Waals surface area (Å²) in [7, 11) is 0. The van der Waals surface area contributed by atoms with Gasteiger partial charge in [0.15, 0.2) is 0 Å². The number of rotatable bonds is 3. The van der Waals surface area contributed by atoms with Crippen molar-refractivity contribution in [1.29, 1.82) is 0 Å². The van der Waals surface area contributed by atoms with E-state index in [1.54, 1.807) is 0 Å². The molecule has 0 spiro atoms. The van der Waals surface area contributed by atoms with Gasteiger partial charge in [-0.05, 0) is 18.9 Å². The number of nitro groups is 1. The summed E-state index contributed by atoms with van der Waals surface area (Å²) < 4.78 is 39.4. The molecule has 6 nitrogen and oxygen atoms in total. The third-order valence-electron chi connectivity index (χ3n) is 3.61. The molecule has 0 amide bonds. The van der Waals surface area contributed by atoms with E-state index in [4.69, 9.17) is 5.11 Å². The van der Waals surface area contributed by atoms with E-state index in [0.717, 1.165) is 12.1 Å². The Bertz CT molecular complexity index is 603. The second kappa shape index (κ2) is 5.82. The lowest BCUT2D eigenvalue weighted by atomic mass is 9.97. The van der Waals surface area contributed by atoms with Crippen LogP contribution in [0.5, 0.6) is 0 Å².